The highest BCUT2D eigenvalue weighted by Gasteiger charge is 2.33. The minimum Gasteiger partial charge on any atom is -0.378 e. The van der Waals surface area contributed by atoms with Crippen LogP contribution < -0.4 is 0 Å². The zero-order valence-electron chi connectivity index (χ0n) is 16.0. The van der Waals surface area contributed by atoms with Crippen molar-refractivity contribution in [3.8, 4) is 0 Å². The van der Waals surface area contributed by atoms with Gasteiger partial charge in [0.25, 0.3) is 0 Å². The smallest absolute Gasteiger partial charge is 0.154 e. The Morgan fingerprint density at radius 2 is 2.11 bits per heavy atom. The summed E-state index contributed by atoms with van der Waals surface area (Å²) in [4.78, 5) is 14.7. The monoisotopic (exact) mass is 367 g/mol. The molecule has 1 aliphatic heterocycles. The van der Waals surface area contributed by atoms with Gasteiger partial charge < -0.3 is 10.1 Å². The normalized spacial score (nSPS) is 25.9. The first-order chi connectivity index (χ1) is 13.2. The number of piperidine rings is 1. The molecule has 0 aromatic carbocycles. The van der Waals surface area contributed by atoms with Crippen molar-refractivity contribution in [1.29, 1.82) is 0 Å². The van der Waals surface area contributed by atoms with Crippen LogP contribution in [-0.4, -0.2) is 48.7 Å². The molecule has 1 aliphatic carbocycles. The van der Waals surface area contributed by atoms with Gasteiger partial charge in [0.2, 0.25) is 0 Å². The van der Waals surface area contributed by atoms with Gasteiger partial charge in [0.05, 0.1) is 23.4 Å². The Morgan fingerprint density at radius 1 is 1.26 bits per heavy atom. The Bertz CT molecular complexity index is 927. The maximum atomic E-state index is 10.8. The molecule has 3 aromatic heterocycles. The molecule has 1 saturated heterocycles. The Kier molecular flexibility index (Phi) is 4.40. The number of likely N-dealkylation sites (tertiary alicyclic amines) is 1. The van der Waals surface area contributed by atoms with Crippen LogP contribution in [0.3, 0.4) is 0 Å². The molecular weight excluding hydrogens is 338 g/mol. The van der Waals surface area contributed by atoms with Crippen molar-refractivity contribution in [2.45, 2.75) is 57.6 Å². The van der Waals surface area contributed by atoms with Gasteiger partial charge in [-0.05, 0) is 37.2 Å². The lowest BCUT2D eigenvalue weighted by atomic mass is 9.81. The molecule has 5 rings (SSSR count). The molecule has 144 valence electrons. The van der Waals surface area contributed by atoms with Crippen LogP contribution in [0.15, 0.2) is 24.7 Å². The van der Waals surface area contributed by atoms with Crippen molar-refractivity contribution < 1.29 is 5.11 Å². The summed E-state index contributed by atoms with van der Waals surface area (Å²) in [5.41, 5.74) is 3.00. The van der Waals surface area contributed by atoms with Crippen LogP contribution in [0, 0.1) is 11.8 Å². The second-order valence-corrected chi connectivity index (χ2v) is 8.57. The Labute approximate surface area is 159 Å². The highest BCUT2D eigenvalue weighted by molar-refractivity contribution is 5.75. The fourth-order valence-corrected chi connectivity index (χ4v) is 4.81. The molecule has 6 nitrogen and oxygen atoms in total. The Hall–Kier alpha value is -1.92. The minimum absolute atomic E-state index is 0.319. The number of H-pyrrole nitrogens is 1. The second-order valence-electron chi connectivity index (χ2n) is 8.57. The predicted molar refractivity (Wildman–Crippen MR) is 106 cm³/mol. The van der Waals surface area contributed by atoms with Crippen LogP contribution in [0.25, 0.3) is 16.7 Å². The molecule has 2 N–H and O–H groups in total. The zero-order valence-corrected chi connectivity index (χ0v) is 16.0. The summed E-state index contributed by atoms with van der Waals surface area (Å²) in [5, 5.41) is 10.8. The van der Waals surface area contributed by atoms with Crippen LogP contribution in [0.5, 0.6) is 0 Å². The molecule has 6 heteroatoms. The summed E-state index contributed by atoms with van der Waals surface area (Å²) >= 11 is 0. The summed E-state index contributed by atoms with van der Waals surface area (Å²) in [6, 6.07) is 2.07. The molecule has 3 atom stereocenters. The molecule has 0 spiro atoms. The SMILES string of the molecule is C[C@H]1CCN(C(O)CCC2CCC2)C[C@H]1c1ncc2cnc3[nH]ccc3n12. The minimum atomic E-state index is -0.319. The first-order valence-corrected chi connectivity index (χ1v) is 10.4. The van der Waals surface area contributed by atoms with Crippen molar-refractivity contribution in [2.24, 2.45) is 11.8 Å². The zero-order chi connectivity index (χ0) is 18.4. The fourth-order valence-electron chi connectivity index (χ4n) is 4.81. The molecule has 4 heterocycles. The average molecular weight is 367 g/mol. The van der Waals surface area contributed by atoms with Crippen molar-refractivity contribution in [2.75, 3.05) is 13.1 Å². The van der Waals surface area contributed by atoms with Gasteiger partial charge in [-0.2, -0.15) is 0 Å². The number of rotatable bonds is 5. The second kappa shape index (κ2) is 6.91. The van der Waals surface area contributed by atoms with Gasteiger partial charge in [-0.25, -0.2) is 9.97 Å². The van der Waals surface area contributed by atoms with Crippen molar-refractivity contribution >= 4 is 16.7 Å². The van der Waals surface area contributed by atoms with E-state index in [0.717, 1.165) is 54.4 Å². The number of aromatic nitrogens is 4. The van der Waals surface area contributed by atoms with Crippen LogP contribution in [0.1, 0.15) is 57.2 Å². The molecule has 0 bridgehead atoms. The number of aliphatic hydroxyl groups excluding tert-OH is 1. The van der Waals surface area contributed by atoms with Gasteiger partial charge in [-0.1, -0.05) is 26.2 Å². The van der Waals surface area contributed by atoms with Gasteiger partial charge in [-0.3, -0.25) is 9.30 Å². The highest BCUT2D eigenvalue weighted by Crippen LogP contribution is 2.35. The molecule has 0 amide bonds. The third kappa shape index (κ3) is 3.05. The number of aromatic amines is 1. The van der Waals surface area contributed by atoms with E-state index in [1.807, 2.05) is 18.6 Å². The number of imidazole rings is 1. The number of nitrogens with zero attached hydrogens (tertiary/aromatic N) is 4. The lowest BCUT2D eigenvalue weighted by Crippen LogP contribution is -2.45. The Balaban J connectivity index is 1.40. The van der Waals surface area contributed by atoms with Gasteiger partial charge in [0.15, 0.2) is 5.65 Å². The third-order valence-electron chi connectivity index (χ3n) is 6.89. The summed E-state index contributed by atoms with van der Waals surface area (Å²) < 4.78 is 2.24. The fraction of sp³-hybridized carbons (Fsp3) is 0.619. The maximum Gasteiger partial charge on any atom is 0.154 e. The lowest BCUT2D eigenvalue weighted by Gasteiger charge is -2.39. The number of nitrogens with one attached hydrogen (secondary N) is 1. The standard InChI is InChI=1S/C21H29N5O/c1-14-8-10-25(19(27)6-5-15-3-2-4-15)13-17(14)21-24-12-16-11-23-20-18(26(16)21)7-9-22-20/h7,9,11-12,14-15,17,19,22,27H,2-6,8,10,13H2,1H3/t14-,17+,19?/m0/s1. The number of hydrogen-bond acceptors (Lipinski definition) is 4. The van der Waals surface area contributed by atoms with Crippen LogP contribution in [-0.2, 0) is 0 Å². The molecule has 3 aromatic rings. The van der Waals surface area contributed by atoms with E-state index in [9.17, 15) is 5.11 Å². The summed E-state index contributed by atoms with van der Waals surface area (Å²) in [7, 11) is 0. The van der Waals surface area contributed by atoms with E-state index in [1.165, 1.54) is 25.7 Å². The van der Waals surface area contributed by atoms with Crippen LogP contribution in [0.2, 0.25) is 0 Å². The van der Waals surface area contributed by atoms with E-state index in [2.05, 4.69) is 32.3 Å². The highest BCUT2D eigenvalue weighted by atomic mass is 16.3. The quantitative estimate of drug-likeness (QED) is 0.724. The Morgan fingerprint density at radius 3 is 2.93 bits per heavy atom. The van der Waals surface area contributed by atoms with Crippen LogP contribution in [0.4, 0.5) is 0 Å². The van der Waals surface area contributed by atoms with E-state index in [1.54, 1.807) is 0 Å². The van der Waals surface area contributed by atoms with E-state index < -0.39 is 0 Å². The topological polar surface area (TPSA) is 69.4 Å². The molecule has 2 aliphatic rings. The molecular formula is C21H29N5O. The van der Waals surface area contributed by atoms with E-state index >= 15 is 0 Å². The lowest BCUT2D eigenvalue weighted by molar-refractivity contribution is -0.0328. The molecule has 1 unspecified atom stereocenters. The maximum absolute atomic E-state index is 10.8. The van der Waals surface area contributed by atoms with Gasteiger partial charge in [0, 0.05) is 25.2 Å². The van der Waals surface area contributed by atoms with E-state index in [0.29, 0.717) is 11.8 Å². The number of aliphatic hydroxyl groups is 1. The molecule has 1 saturated carbocycles. The van der Waals surface area contributed by atoms with Crippen molar-refractivity contribution in [3.63, 3.8) is 0 Å². The first-order valence-electron chi connectivity index (χ1n) is 10.4. The average Bonchev–Trinajstić information content (AvgIpc) is 3.26. The summed E-state index contributed by atoms with van der Waals surface area (Å²) in [6.07, 6.45) is 12.7. The third-order valence-corrected chi connectivity index (χ3v) is 6.89. The van der Waals surface area contributed by atoms with Crippen molar-refractivity contribution in [1.82, 2.24) is 24.3 Å². The molecule has 0 radical (unpaired) electrons. The first kappa shape index (κ1) is 17.2. The van der Waals surface area contributed by atoms with Gasteiger partial charge in [0.1, 0.15) is 12.1 Å². The van der Waals surface area contributed by atoms with E-state index in [4.69, 9.17) is 4.98 Å². The van der Waals surface area contributed by atoms with E-state index in [-0.39, 0.29) is 6.23 Å². The summed E-state index contributed by atoms with van der Waals surface area (Å²) in [5.74, 6) is 2.82. The van der Waals surface area contributed by atoms with Gasteiger partial charge >= 0.3 is 0 Å². The summed E-state index contributed by atoms with van der Waals surface area (Å²) in [6.45, 7) is 4.17. The van der Waals surface area contributed by atoms with Crippen LogP contribution >= 0.6 is 0 Å². The van der Waals surface area contributed by atoms with Gasteiger partial charge in [-0.15, -0.1) is 0 Å². The molecule has 27 heavy (non-hydrogen) atoms. The molecule has 2 fully saturated rings. The largest absolute Gasteiger partial charge is 0.378 e. The number of fused-ring (bicyclic) bond motifs is 3. The number of hydrogen-bond donors (Lipinski definition) is 2. The predicted octanol–water partition coefficient (Wildman–Crippen LogP) is 3.53. The van der Waals surface area contributed by atoms with Crippen molar-refractivity contribution in [3.05, 3.63) is 30.5 Å².